The van der Waals surface area contributed by atoms with Gasteiger partial charge in [-0.25, -0.2) is 14.0 Å². The van der Waals surface area contributed by atoms with E-state index in [-0.39, 0.29) is 6.10 Å². The Bertz CT molecular complexity index is 425. The van der Waals surface area contributed by atoms with Crippen molar-refractivity contribution in [1.82, 2.24) is 0 Å². The zero-order valence-corrected chi connectivity index (χ0v) is 14.9. The smallest absolute Gasteiger partial charge is 0.383 e. The third kappa shape index (κ3) is 6.62. The SMILES string of the molecule is CC(C)O[Si](C)(N=C=S)O[Si](C)(N=C=S)N=C=S. The maximum absolute atomic E-state index is 5.83. The van der Waals surface area contributed by atoms with Crippen LogP contribution in [0.4, 0.5) is 0 Å². The lowest BCUT2D eigenvalue weighted by molar-refractivity contribution is 0.183. The normalized spacial score (nSPS) is 16.5. The maximum atomic E-state index is 5.83. The van der Waals surface area contributed by atoms with Gasteiger partial charge in [-0.3, -0.25) is 0 Å². The molecule has 0 bridgehead atoms. The predicted octanol–water partition coefficient (Wildman–Crippen LogP) is 2.87. The molecule has 1 atom stereocenters. The molecule has 0 spiro atoms. The molecule has 0 aromatic carbocycles. The highest BCUT2D eigenvalue weighted by Crippen LogP contribution is 2.20. The Kier molecular flexibility index (Phi) is 7.92. The summed E-state index contributed by atoms with van der Waals surface area (Å²) in [7, 11) is -5.82. The highest BCUT2D eigenvalue weighted by atomic mass is 32.1. The third-order valence-electron chi connectivity index (χ3n) is 1.59. The molecule has 5 nitrogen and oxygen atoms in total. The van der Waals surface area contributed by atoms with Crippen LogP contribution in [-0.4, -0.2) is 39.0 Å². The van der Waals surface area contributed by atoms with Crippen molar-refractivity contribution < 1.29 is 8.54 Å². The number of isothiocyanates is 3. The number of thiocarbonyl (C=S) groups is 3. The van der Waals surface area contributed by atoms with Gasteiger partial charge in [0.05, 0.1) is 15.5 Å². The maximum Gasteiger partial charge on any atom is 0.475 e. The van der Waals surface area contributed by atoms with Crippen molar-refractivity contribution in [1.29, 1.82) is 0 Å². The van der Waals surface area contributed by atoms with Crippen molar-refractivity contribution in [3.05, 3.63) is 0 Å². The summed E-state index contributed by atoms with van der Waals surface area (Å²) in [5.41, 5.74) is 0. The topological polar surface area (TPSA) is 55.5 Å². The Balaban J connectivity index is 5.34. The monoisotopic (exact) mass is 335 g/mol. The first kappa shape index (κ1) is 17.8. The Morgan fingerprint density at radius 2 is 1.39 bits per heavy atom. The van der Waals surface area contributed by atoms with E-state index in [0.717, 1.165) is 0 Å². The van der Waals surface area contributed by atoms with Gasteiger partial charge in [0.25, 0.3) is 0 Å². The largest absolute Gasteiger partial charge is 0.475 e. The molecule has 98 valence electrons. The van der Waals surface area contributed by atoms with Crippen molar-refractivity contribution in [2.45, 2.75) is 33.0 Å². The fourth-order valence-corrected chi connectivity index (χ4v) is 7.80. The second-order valence-corrected chi connectivity index (χ2v) is 9.64. The summed E-state index contributed by atoms with van der Waals surface area (Å²) < 4.78 is 23.4. The highest BCUT2D eigenvalue weighted by Gasteiger charge is 2.44. The minimum Gasteiger partial charge on any atom is -0.383 e. The summed E-state index contributed by atoms with van der Waals surface area (Å²) in [6.07, 6.45) is -0.0695. The number of hydrogen-bond acceptors (Lipinski definition) is 8. The van der Waals surface area contributed by atoms with Crippen LogP contribution < -0.4 is 0 Å². The van der Waals surface area contributed by atoms with Crippen LogP contribution in [-0.2, 0) is 8.54 Å². The van der Waals surface area contributed by atoms with E-state index in [1.165, 1.54) is 0 Å². The second-order valence-electron chi connectivity index (χ2n) is 3.71. The minimum atomic E-state index is -2.91. The highest BCUT2D eigenvalue weighted by molar-refractivity contribution is 7.78. The van der Waals surface area contributed by atoms with Gasteiger partial charge >= 0.3 is 17.4 Å². The van der Waals surface area contributed by atoms with Crippen molar-refractivity contribution in [3.63, 3.8) is 0 Å². The van der Waals surface area contributed by atoms with E-state index < -0.39 is 17.4 Å². The minimum absolute atomic E-state index is 0.0695. The molecule has 0 aliphatic carbocycles. The molecule has 0 aliphatic heterocycles. The van der Waals surface area contributed by atoms with E-state index in [9.17, 15) is 0 Å². The van der Waals surface area contributed by atoms with Crippen molar-refractivity contribution in [2.75, 3.05) is 0 Å². The first-order valence-electron chi connectivity index (χ1n) is 4.96. The van der Waals surface area contributed by atoms with Crippen molar-refractivity contribution in [2.24, 2.45) is 14.0 Å². The van der Waals surface area contributed by atoms with Crippen molar-refractivity contribution >= 4 is 69.5 Å². The Hall–Kier alpha value is -0.246. The van der Waals surface area contributed by atoms with Crippen LogP contribution in [0.1, 0.15) is 13.8 Å². The predicted molar refractivity (Wildman–Crippen MR) is 85.6 cm³/mol. The molecule has 0 N–H and O–H groups in total. The van der Waals surface area contributed by atoms with Crippen LogP contribution in [0.5, 0.6) is 0 Å². The molecule has 0 saturated heterocycles. The Labute approximate surface area is 125 Å². The zero-order chi connectivity index (χ0) is 14.2. The molecule has 10 heteroatoms. The molecule has 0 aliphatic rings. The number of rotatable bonds is 7. The van der Waals surface area contributed by atoms with E-state index in [0.29, 0.717) is 0 Å². The van der Waals surface area contributed by atoms with Crippen molar-refractivity contribution in [3.8, 4) is 0 Å². The molecule has 0 rings (SSSR count). The fraction of sp³-hybridized carbons (Fsp3) is 0.625. The molecule has 0 amide bonds. The van der Waals surface area contributed by atoms with Gasteiger partial charge in [-0.1, -0.05) is 0 Å². The second kappa shape index (κ2) is 8.03. The molecule has 0 heterocycles. The standard InChI is InChI=1S/C8H13N3O2S3Si2/c1-8(2)12-18(4,11-7-16)13-17(3,9-5-14)10-6-15/h8H,1-4H3. The van der Waals surface area contributed by atoms with Gasteiger partial charge in [0.1, 0.15) is 0 Å². The van der Waals surface area contributed by atoms with Crippen LogP contribution in [0, 0.1) is 0 Å². The lowest BCUT2D eigenvalue weighted by atomic mass is 10.5. The average molecular weight is 336 g/mol. The van der Waals surface area contributed by atoms with Crippen LogP contribution in [0.25, 0.3) is 0 Å². The lowest BCUT2D eigenvalue weighted by Crippen LogP contribution is -2.49. The zero-order valence-electron chi connectivity index (χ0n) is 10.5. The quantitative estimate of drug-likeness (QED) is 0.407. The van der Waals surface area contributed by atoms with Gasteiger partial charge in [-0.05, 0) is 57.0 Å². The number of hydrogen-bond donors (Lipinski definition) is 0. The summed E-state index contributed by atoms with van der Waals surface area (Å²) in [6.45, 7) is 7.17. The summed E-state index contributed by atoms with van der Waals surface area (Å²) in [5, 5.41) is 6.80. The van der Waals surface area contributed by atoms with Crippen LogP contribution in [0.2, 0.25) is 13.1 Å². The van der Waals surface area contributed by atoms with E-state index in [4.69, 9.17) is 8.54 Å². The molecule has 0 radical (unpaired) electrons. The van der Waals surface area contributed by atoms with E-state index >= 15 is 0 Å². The van der Waals surface area contributed by atoms with Gasteiger partial charge in [-0.2, -0.15) is 0 Å². The Morgan fingerprint density at radius 3 is 1.72 bits per heavy atom. The van der Waals surface area contributed by atoms with Crippen LogP contribution in [0.15, 0.2) is 14.0 Å². The molecule has 0 aromatic heterocycles. The molecule has 0 aromatic rings. The molecule has 1 unspecified atom stereocenters. The fourth-order valence-electron chi connectivity index (χ4n) is 1.19. The Morgan fingerprint density at radius 1 is 0.944 bits per heavy atom. The summed E-state index contributed by atoms with van der Waals surface area (Å²) in [4.78, 5) is 0. The van der Waals surface area contributed by atoms with E-state index in [1.54, 1.807) is 13.1 Å². The van der Waals surface area contributed by atoms with Gasteiger partial charge < -0.3 is 8.54 Å². The third-order valence-corrected chi connectivity index (χ3v) is 7.89. The lowest BCUT2D eigenvalue weighted by Gasteiger charge is -2.28. The molecule has 0 saturated carbocycles. The average Bonchev–Trinajstić information content (AvgIpc) is 2.15. The number of nitrogens with zero attached hydrogens (tertiary/aromatic N) is 3. The van der Waals surface area contributed by atoms with Gasteiger partial charge in [-0.15, -0.1) is 0 Å². The molecule has 0 fully saturated rings. The summed E-state index contributed by atoms with van der Waals surface area (Å²) in [5.74, 6) is 0. The first-order valence-corrected chi connectivity index (χ1v) is 10.7. The summed E-state index contributed by atoms with van der Waals surface area (Å²) >= 11 is 13.8. The molecular formula is C8H13N3O2S3Si2. The van der Waals surface area contributed by atoms with Gasteiger partial charge in [0.2, 0.25) is 0 Å². The van der Waals surface area contributed by atoms with Crippen LogP contribution in [0.3, 0.4) is 0 Å². The molecule has 18 heavy (non-hydrogen) atoms. The van der Waals surface area contributed by atoms with Gasteiger partial charge in [0.15, 0.2) is 0 Å². The summed E-state index contributed by atoms with van der Waals surface area (Å²) in [6, 6.07) is 0. The van der Waals surface area contributed by atoms with E-state index in [2.05, 4.69) is 66.1 Å². The van der Waals surface area contributed by atoms with Gasteiger partial charge in [0, 0.05) is 12.7 Å². The first-order chi connectivity index (χ1) is 8.31. The molecular weight excluding hydrogens is 322 g/mol. The van der Waals surface area contributed by atoms with E-state index in [1.807, 2.05) is 13.8 Å². The van der Waals surface area contributed by atoms with Crippen LogP contribution >= 0.6 is 36.7 Å².